The van der Waals surface area contributed by atoms with E-state index in [9.17, 15) is 4.79 Å². The van der Waals surface area contributed by atoms with Gasteiger partial charge in [0.15, 0.2) is 5.78 Å². The molecule has 4 heteroatoms. The smallest absolute Gasteiger partial charge is 0.164 e. The lowest BCUT2D eigenvalue weighted by molar-refractivity contribution is 0.0967. The van der Waals surface area contributed by atoms with Gasteiger partial charge in [0.25, 0.3) is 0 Å². The van der Waals surface area contributed by atoms with Gasteiger partial charge in [0.05, 0.1) is 5.69 Å². The molecule has 0 saturated heterocycles. The van der Waals surface area contributed by atoms with E-state index in [0.717, 1.165) is 34.5 Å². The molecule has 1 aromatic carbocycles. The summed E-state index contributed by atoms with van der Waals surface area (Å²) in [6.45, 7) is 3.47. The fraction of sp³-hybridized carbons (Fsp3) is 0.294. The van der Waals surface area contributed by atoms with Gasteiger partial charge in [-0.25, -0.2) is 0 Å². The zero-order chi connectivity index (χ0) is 15.2. The number of aromatic nitrogens is 1. The molecule has 0 aliphatic heterocycles. The van der Waals surface area contributed by atoms with Crippen LogP contribution in [0.5, 0.6) is 0 Å². The van der Waals surface area contributed by atoms with Gasteiger partial charge in [0.1, 0.15) is 0 Å². The summed E-state index contributed by atoms with van der Waals surface area (Å²) in [6, 6.07) is 13.5. The highest BCUT2D eigenvalue weighted by Crippen LogP contribution is 2.13. The number of nitrogens with zero attached hydrogens (tertiary/aromatic N) is 2. The van der Waals surface area contributed by atoms with Crippen LogP contribution in [0.3, 0.4) is 0 Å². The summed E-state index contributed by atoms with van der Waals surface area (Å²) >= 11 is 3.39. The maximum absolute atomic E-state index is 12.1. The average molecular weight is 347 g/mol. The number of carbonyl (C=O) groups excluding carboxylic acids is 1. The van der Waals surface area contributed by atoms with E-state index >= 15 is 0 Å². The van der Waals surface area contributed by atoms with Gasteiger partial charge in [0, 0.05) is 35.2 Å². The van der Waals surface area contributed by atoms with E-state index < -0.39 is 0 Å². The number of ketones is 1. The van der Waals surface area contributed by atoms with Crippen molar-refractivity contribution >= 4 is 21.7 Å². The second-order valence-electron chi connectivity index (χ2n) is 5.19. The monoisotopic (exact) mass is 346 g/mol. The maximum Gasteiger partial charge on any atom is 0.164 e. The molecule has 21 heavy (non-hydrogen) atoms. The first-order chi connectivity index (χ1) is 10.0. The van der Waals surface area contributed by atoms with E-state index in [1.807, 2.05) is 56.4 Å². The van der Waals surface area contributed by atoms with Crippen LogP contribution in [0.1, 0.15) is 28.2 Å². The summed E-state index contributed by atoms with van der Waals surface area (Å²) in [5.41, 5.74) is 2.81. The Labute approximate surface area is 134 Å². The fourth-order valence-electron chi connectivity index (χ4n) is 2.14. The summed E-state index contributed by atoms with van der Waals surface area (Å²) in [4.78, 5) is 18.7. The van der Waals surface area contributed by atoms with Crippen LogP contribution in [0.2, 0.25) is 0 Å². The number of benzene rings is 1. The quantitative estimate of drug-likeness (QED) is 0.744. The second-order valence-corrected chi connectivity index (χ2v) is 6.11. The van der Waals surface area contributed by atoms with Crippen LogP contribution in [-0.4, -0.2) is 29.3 Å². The van der Waals surface area contributed by atoms with Crippen molar-refractivity contribution in [2.75, 3.05) is 13.6 Å². The Bertz CT molecular complexity index is 628. The van der Waals surface area contributed by atoms with Crippen molar-refractivity contribution in [1.29, 1.82) is 0 Å². The van der Waals surface area contributed by atoms with Crippen molar-refractivity contribution in [2.24, 2.45) is 0 Å². The van der Waals surface area contributed by atoms with Gasteiger partial charge in [-0.2, -0.15) is 0 Å². The van der Waals surface area contributed by atoms with Gasteiger partial charge in [-0.05, 0) is 38.2 Å². The van der Waals surface area contributed by atoms with E-state index in [-0.39, 0.29) is 5.78 Å². The van der Waals surface area contributed by atoms with E-state index in [1.54, 1.807) is 0 Å². The molecule has 0 amide bonds. The Morgan fingerprint density at radius 2 is 2.00 bits per heavy atom. The summed E-state index contributed by atoms with van der Waals surface area (Å²) in [5.74, 6) is 0.167. The number of hydrogen-bond acceptors (Lipinski definition) is 3. The summed E-state index contributed by atoms with van der Waals surface area (Å²) in [7, 11) is 2.01. The van der Waals surface area contributed by atoms with Crippen LogP contribution >= 0.6 is 15.9 Å². The molecule has 0 saturated carbocycles. The van der Waals surface area contributed by atoms with Gasteiger partial charge < -0.3 is 4.90 Å². The first-order valence-electron chi connectivity index (χ1n) is 6.94. The van der Waals surface area contributed by atoms with Crippen LogP contribution in [0, 0.1) is 6.92 Å². The van der Waals surface area contributed by atoms with Gasteiger partial charge in [-0.1, -0.05) is 34.1 Å². The second kappa shape index (κ2) is 7.48. The molecule has 0 N–H and O–H groups in total. The van der Waals surface area contributed by atoms with Crippen molar-refractivity contribution in [3.8, 4) is 0 Å². The third-order valence-electron chi connectivity index (χ3n) is 3.25. The Balaban J connectivity index is 1.86. The van der Waals surface area contributed by atoms with E-state index in [2.05, 4.69) is 25.8 Å². The minimum atomic E-state index is 0.167. The van der Waals surface area contributed by atoms with Gasteiger partial charge in [-0.15, -0.1) is 0 Å². The lowest BCUT2D eigenvalue weighted by atomic mass is 10.1. The normalized spacial score (nSPS) is 10.9. The standard InChI is InChI=1S/C17H19BrN2O/c1-13-5-3-8-16(19-13)12-20(2)10-9-17(21)14-6-4-7-15(18)11-14/h3-8,11H,9-10,12H2,1-2H3. The number of rotatable bonds is 6. The van der Waals surface area contributed by atoms with Gasteiger partial charge >= 0.3 is 0 Å². The molecule has 110 valence electrons. The summed E-state index contributed by atoms with van der Waals surface area (Å²) in [6.07, 6.45) is 0.513. The molecular formula is C17H19BrN2O. The number of aryl methyl sites for hydroxylation is 1. The van der Waals surface area contributed by atoms with Crippen LogP contribution in [-0.2, 0) is 6.54 Å². The topological polar surface area (TPSA) is 33.2 Å². The molecule has 0 atom stereocenters. The minimum absolute atomic E-state index is 0.167. The molecule has 1 heterocycles. The largest absolute Gasteiger partial charge is 0.300 e. The predicted octanol–water partition coefficient (Wildman–Crippen LogP) is 3.86. The molecule has 3 nitrogen and oxygen atoms in total. The molecule has 0 spiro atoms. The summed E-state index contributed by atoms with van der Waals surface area (Å²) < 4.78 is 0.936. The number of hydrogen-bond donors (Lipinski definition) is 0. The van der Waals surface area contributed by atoms with E-state index in [1.165, 1.54) is 0 Å². The molecule has 2 aromatic rings. The van der Waals surface area contributed by atoms with E-state index in [4.69, 9.17) is 0 Å². The Hall–Kier alpha value is -1.52. The van der Waals surface area contributed by atoms with Gasteiger partial charge in [0.2, 0.25) is 0 Å². The third kappa shape index (κ3) is 5.06. The van der Waals surface area contributed by atoms with Crippen LogP contribution in [0.15, 0.2) is 46.9 Å². The number of carbonyl (C=O) groups is 1. The van der Waals surface area contributed by atoms with E-state index in [0.29, 0.717) is 6.42 Å². The van der Waals surface area contributed by atoms with Crippen molar-refractivity contribution in [1.82, 2.24) is 9.88 Å². The molecule has 2 rings (SSSR count). The highest BCUT2D eigenvalue weighted by molar-refractivity contribution is 9.10. The Morgan fingerprint density at radius 1 is 1.24 bits per heavy atom. The fourth-order valence-corrected chi connectivity index (χ4v) is 2.54. The zero-order valence-electron chi connectivity index (χ0n) is 12.3. The van der Waals surface area contributed by atoms with Gasteiger partial charge in [-0.3, -0.25) is 9.78 Å². The highest BCUT2D eigenvalue weighted by atomic mass is 79.9. The van der Waals surface area contributed by atoms with Crippen molar-refractivity contribution < 1.29 is 4.79 Å². The van der Waals surface area contributed by atoms with Crippen molar-refractivity contribution in [3.05, 3.63) is 63.9 Å². The lowest BCUT2D eigenvalue weighted by Crippen LogP contribution is -2.22. The molecule has 0 bridgehead atoms. The third-order valence-corrected chi connectivity index (χ3v) is 3.74. The van der Waals surface area contributed by atoms with Crippen LogP contribution in [0.4, 0.5) is 0 Å². The number of pyridine rings is 1. The molecule has 1 aromatic heterocycles. The molecule has 0 aliphatic carbocycles. The lowest BCUT2D eigenvalue weighted by Gasteiger charge is -2.15. The van der Waals surface area contributed by atoms with Crippen molar-refractivity contribution in [2.45, 2.75) is 19.9 Å². The number of Topliss-reactive ketones (excluding diaryl/α,β-unsaturated/α-hetero) is 1. The maximum atomic E-state index is 12.1. The first-order valence-corrected chi connectivity index (χ1v) is 7.74. The molecule has 0 aliphatic rings. The highest BCUT2D eigenvalue weighted by Gasteiger charge is 2.08. The zero-order valence-corrected chi connectivity index (χ0v) is 13.9. The summed E-state index contributed by atoms with van der Waals surface area (Å²) in [5, 5.41) is 0. The molecule has 0 fully saturated rings. The van der Waals surface area contributed by atoms with Crippen molar-refractivity contribution in [3.63, 3.8) is 0 Å². The Morgan fingerprint density at radius 3 is 2.71 bits per heavy atom. The SMILES string of the molecule is Cc1cccc(CN(C)CCC(=O)c2cccc(Br)c2)n1. The molecule has 0 radical (unpaired) electrons. The Kier molecular flexibility index (Phi) is 5.65. The predicted molar refractivity (Wildman–Crippen MR) is 88.4 cm³/mol. The molecule has 0 unspecified atom stereocenters. The van der Waals surface area contributed by atoms with Crippen LogP contribution in [0.25, 0.3) is 0 Å². The first kappa shape index (κ1) is 15.9. The minimum Gasteiger partial charge on any atom is -0.300 e. The average Bonchev–Trinajstić information content (AvgIpc) is 2.45. The van der Waals surface area contributed by atoms with Crippen LogP contribution < -0.4 is 0 Å². The molecular weight excluding hydrogens is 328 g/mol. The number of halogens is 1.